The maximum atomic E-state index is 11.9. The molecule has 0 aromatic heterocycles. The van der Waals surface area contributed by atoms with Crippen molar-refractivity contribution in [2.45, 2.75) is 13.0 Å². The topological polar surface area (TPSA) is 76.7 Å². The van der Waals surface area contributed by atoms with Gasteiger partial charge in [0.15, 0.2) is 11.5 Å². The molecule has 3 rings (SSSR count). The molecule has 106 valence electrons. The maximum Gasteiger partial charge on any atom is 0.225 e. The van der Waals surface area contributed by atoms with E-state index < -0.39 is 0 Å². The molecule has 1 saturated heterocycles. The van der Waals surface area contributed by atoms with Crippen LogP contribution in [-0.4, -0.2) is 31.6 Å². The molecule has 2 aliphatic heterocycles. The molecule has 1 atom stereocenters. The predicted octanol–water partition coefficient (Wildman–Crippen LogP) is 0.210. The van der Waals surface area contributed by atoms with Crippen LogP contribution in [0.2, 0.25) is 0 Å². The average molecular weight is 276 g/mol. The summed E-state index contributed by atoms with van der Waals surface area (Å²) in [6.07, 6.45) is 0.271. The second-order valence-electron chi connectivity index (χ2n) is 4.90. The highest BCUT2D eigenvalue weighted by Gasteiger charge is 2.27. The minimum absolute atomic E-state index is 0.0653. The van der Waals surface area contributed by atoms with Crippen molar-refractivity contribution in [3.05, 3.63) is 23.8 Å². The summed E-state index contributed by atoms with van der Waals surface area (Å²) in [5.74, 6) is 1.01. The van der Waals surface area contributed by atoms with Crippen molar-refractivity contribution in [3.8, 4) is 11.5 Å². The molecule has 1 aromatic carbocycles. The standard InChI is InChI=1S/C14H16N2O4/c17-13-6-10(8-15-13)14(18)16-7-9-1-2-11-12(5-9)20-4-3-19-11/h1-2,5,10H,3-4,6-8H2,(H,15,17)(H,16,18). The third kappa shape index (κ3) is 2.68. The monoisotopic (exact) mass is 276 g/mol. The van der Waals surface area contributed by atoms with Crippen LogP contribution in [0.25, 0.3) is 0 Å². The first kappa shape index (κ1) is 12.8. The van der Waals surface area contributed by atoms with Gasteiger partial charge in [-0.25, -0.2) is 0 Å². The van der Waals surface area contributed by atoms with Crippen molar-refractivity contribution in [1.29, 1.82) is 0 Å². The van der Waals surface area contributed by atoms with E-state index in [1.165, 1.54) is 0 Å². The van der Waals surface area contributed by atoms with Gasteiger partial charge in [0.1, 0.15) is 13.2 Å². The molecule has 0 radical (unpaired) electrons. The molecule has 0 saturated carbocycles. The molecular weight excluding hydrogens is 260 g/mol. The molecule has 1 fully saturated rings. The summed E-state index contributed by atoms with van der Waals surface area (Å²) in [7, 11) is 0. The lowest BCUT2D eigenvalue weighted by atomic mass is 10.1. The van der Waals surface area contributed by atoms with E-state index in [1.54, 1.807) is 0 Å². The van der Waals surface area contributed by atoms with Crippen molar-refractivity contribution in [2.24, 2.45) is 5.92 Å². The number of amides is 2. The third-order valence-electron chi connectivity index (χ3n) is 3.42. The lowest BCUT2D eigenvalue weighted by Gasteiger charge is -2.19. The van der Waals surface area contributed by atoms with E-state index >= 15 is 0 Å². The van der Waals surface area contributed by atoms with Crippen molar-refractivity contribution >= 4 is 11.8 Å². The van der Waals surface area contributed by atoms with Gasteiger partial charge in [-0.05, 0) is 17.7 Å². The zero-order valence-electron chi connectivity index (χ0n) is 11.0. The number of nitrogens with one attached hydrogen (secondary N) is 2. The molecule has 1 unspecified atom stereocenters. The smallest absolute Gasteiger partial charge is 0.225 e. The summed E-state index contributed by atoms with van der Waals surface area (Å²) in [6, 6.07) is 5.61. The molecule has 20 heavy (non-hydrogen) atoms. The number of carbonyl (C=O) groups excluding carboxylic acids is 2. The fourth-order valence-corrected chi connectivity index (χ4v) is 2.32. The second kappa shape index (κ2) is 5.40. The Hall–Kier alpha value is -2.24. The third-order valence-corrected chi connectivity index (χ3v) is 3.42. The fraction of sp³-hybridized carbons (Fsp3) is 0.429. The highest BCUT2D eigenvalue weighted by Crippen LogP contribution is 2.30. The van der Waals surface area contributed by atoms with Crippen molar-refractivity contribution < 1.29 is 19.1 Å². The SMILES string of the molecule is O=C1CC(C(=O)NCc2ccc3c(c2)OCCO3)CN1. The Morgan fingerprint density at radius 3 is 2.85 bits per heavy atom. The van der Waals surface area contributed by atoms with Gasteiger partial charge in [0, 0.05) is 19.5 Å². The van der Waals surface area contributed by atoms with Crippen LogP contribution in [0.5, 0.6) is 11.5 Å². The summed E-state index contributed by atoms with van der Waals surface area (Å²) in [5, 5.41) is 5.49. The lowest BCUT2D eigenvalue weighted by Crippen LogP contribution is -2.31. The minimum Gasteiger partial charge on any atom is -0.486 e. The number of hydrogen-bond acceptors (Lipinski definition) is 4. The van der Waals surface area contributed by atoms with E-state index in [1.807, 2.05) is 18.2 Å². The summed E-state index contributed by atoms with van der Waals surface area (Å²) in [4.78, 5) is 23.0. The van der Waals surface area contributed by atoms with E-state index in [4.69, 9.17) is 9.47 Å². The van der Waals surface area contributed by atoms with Crippen LogP contribution in [0.3, 0.4) is 0 Å². The minimum atomic E-state index is -0.264. The summed E-state index contributed by atoms with van der Waals surface area (Å²) >= 11 is 0. The average Bonchev–Trinajstić information content (AvgIpc) is 2.91. The van der Waals surface area contributed by atoms with Gasteiger partial charge < -0.3 is 20.1 Å². The summed E-state index contributed by atoms with van der Waals surface area (Å²) in [6.45, 7) is 1.94. The molecule has 2 heterocycles. The first-order valence-electron chi connectivity index (χ1n) is 6.65. The van der Waals surface area contributed by atoms with Crippen LogP contribution >= 0.6 is 0 Å². The quantitative estimate of drug-likeness (QED) is 0.827. The summed E-state index contributed by atoms with van der Waals surface area (Å²) < 4.78 is 10.9. The van der Waals surface area contributed by atoms with Crippen molar-refractivity contribution in [1.82, 2.24) is 10.6 Å². The number of ether oxygens (including phenoxy) is 2. The van der Waals surface area contributed by atoms with Crippen LogP contribution in [0, 0.1) is 5.92 Å². The Balaban J connectivity index is 1.58. The fourth-order valence-electron chi connectivity index (χ4n) is 2.32. The molecule has 0 aliphatic carbocycles. The Labute approximate surface area is 116 Å². The predicted molar refractivity (Wildman–Crippen MR) is 70.4 cm³/mol. The molecule has 0 spiro atoms. The van der Waals surface area contributed by atoms with Gasteiger partial charge >= 0.3 is 0 Å². The lowest BCUT2D eigenvalue weighted by molar-refractivity contribution is -0.126. The highest BCUT2D eigenvalue weighted by molar-refractivity contribution is 5.89. The zero-order chi connectivity index (χ0) is 13.9. The second-order valence-corrected chi connectivity index (χ2v) is 4.90. The number of rotatable bonds is 3. The van der Waals surface area contributed by atoms with E-state index in [2.05, 4.69) is 10.6 Å². The van der Waals surface area contributed by atoms with Gasteiger partial charge in [-0.3, -0.25) is 9.59 Å². The first-order chi connectivity index (χ1) is 9.72. The van der Waals surface area contributed by atoms with E-state index in [9.17, 15) is 9.59 Å². The Morgan fingerprint density at radius 2 is 2.10 bits per heavy atom. The summed E-state index contributed by atoms with van der Waals surface area (Å²) in [5.41, 5.74) is 0.944. The Bertz CT molecular complexity index is 544. The van der Waals surface area contributed by atoms with E-state index in [-0.39, 0.29) is 24.2 Å². The molecule has 0 bridgehead atoms. The Kier molecular flexibility index (Phi) is 3.45. The van der Waals surface area contributed by atoms with Crippen LogP contribution < -0.4 is 20.1 Å². The van der Waals surface area contributed by atoms with E-state index in [0.717, 1.165) is 11.3 Å². The van der Waals surface area contributed by atoms with Gasteiger partial charge in [-0.15, -0.1) is 0 Å². The molecule has 6 heteroatoms. The number of carbonyl (C=O) groups is 2. The number of benzene rings is 1. The van der Waals surface area contributed by atoms with Gasteiger partial charge in [-0.2, -0.15) is 0 Å². The van der Waals surface area contributed by atoms with Crippen molar-refractivity contribution in [2.75, 3.05) is 19.8 Å². The van der Waals surface area contributed by atoms with Gasteiger partial charge in [0.05, 0.1) is 5.92 Å². The maximum absolute atomic E-state index is 11.9. The van der Waals surface area contributed by atoms with Crippen molar-refractivity contribution in [3.63, 3.8) is 0 Å². The molecule has 1 aromatic rings. The van der Waals surface area contributed by atoms with Gasteiger partial charge in [-0.1, -0.05) is 6.07 Å². The van der Waals surface area contributed by atoms with Gasteiger partial charge in [0.25, 0.3) is 0 Å². The molecular formula is C14H16N2O4. The largest absolute Gasteiger partial charge is 0.486 e. The number of fused-ring (bicyclic) bond motifs is 1. The highest BCUT2D eigenvalue weighted by atomic mass is 16.6. The molecule has 2 amide bonds. The van der Waals surface area contributed by atoms with E-state index in [0.29, 0.717) is 32.1 Å². The Morgan fingerprint density at radius 1 is 1.30 bits per heavy atom. The van der Waals surface area contributed by atoms with Gasteiger partial charge in [0.2, 0.25) is 11.8 Å². The zero-order valence-corrected chi connectivity index (χ0v) is 11.0. The molecule has 2 aliphatic rings. The molecule has 6 nitrogen and oxygen atoms in total. The van der Waals surface area contributed by atoms with Crippen LogP contribution in [0.15, 0.2) is 18.2 Å². The normalized spacial score (nSPS) is 20.4. The van der Waals surface area contributed by atoms with Crippen LogP contribution in [0.1, 0.15) is 12.0 Å². The number of hydrogen-bond donors (Lipinski definition) is 2. The van der Waals surface area contributed by atoms with Crippen LogP contribution in [0.4, 0.5) is 0 Å². The molecule has 2 N–H and O–H groups in total. The van der Waals surface area contributed by atoms with Crippen LogP contribution in [-0.2, 0) is 16.1 Å². The first-order valence-corrected chi connectivity index (χ1v) is 6.65.